The highest BCUT2D eigenvalue weighted by molar-refractivity contribution is 7.99. The minimum absolute atomic E-state index is 0.0160. The molecule has 0 bridgehead atoms. The van der Waals surface area contributed by atoms with Crippen LogP contribution in [0.1, 0.15) is 15.9 Å². The van der Waals surface area contributed by atoms with Crippen molar-refractivity contribution in [3.8, 4) is 11.3 Å². The topological polar surface area (TPSA) is 135 Å². The van der Waals surface area contributed by atoms with Gasteiger partial charge in [0, 0.05) is 12.6 Å². The normalized spacial score (nSPS) is 13.8. The molecule has 0 atom stereocenters. The van der Waals surface area contributed by atoms with Gasteiger partial charge in [-0.25, -0.2) is 18.4 Å². The van der Waals surface area contributed by atoms with Crippen LogP contribution in [-0.2, 0) is 14.8 Å². The molecule has 0 unspecified atom stereocenters. The van der Waals surface area contributed by atoms with Crippen LogP contribution in [0.3, 0.4) is 0 Å². The van der Waals surface area contributed by atoms with Gasteiger partial charge in [-0.2, -0.15) is 0 Å². The van der Waals surface area contributed by atoms with Crippen molar-refractivity contribution in [2.75, 3.05) is 22.4 Å². The average Bonchev–Trinajstić information content (AvgIpc) is 2.76. The molecular weight excluding hydrogens is 450 g/mol. The van der Waals surface area contributed by atoms with Crippen LogP contribution >= 0.6 is 11.8 Å². The number of thioether (sulfide) groups is 1. The number of hydrogen-bond acceptors (Lipinski definition) is 7. The van der Waals surface area contributed by atoms with Crippen LogP contribution < -0.4 is 15.4 Å². The number of primary amides is 1. The number of nitrogens with one attached hydrogen (secondary N) is 1. The summed E-state index contributed by atoms with van der Waals surface area (Å²) in [7, 11) is -2.28. The number of sulfonamides is 1. The van der Waals surface area contributed by atoms with E-state index >= 15 is 0 Å². The SMILES string of the molecule is Cc1ccc2c(c1)-c1nc(SCC(=O)Nc3ccccc3C(N)=O)ncc1S(=O)(=O)N2C. The Kier molecular flexibility index (Phi) is 5.61. The molecule has 2 amide bonds. The summed E-state index contributed by atoms with van der Waals surface area (Å²) < 4.78 is 26.9. The van der Waals surface area contributed by atoms with Gasteiger partial charge in [-0.15, -0.1) is 0 Å². The van der Waals surface area contributed by atoms with Gasteiger partial charge in [-0.05, 0) is 31.2 Å². The first kappa shape index (κ1) is 21.8. The summed E-state index contributed by atoms with van der Waals surface area (Å²) in [5.41, 5.74) is 8.33. The Morgan fingerprint density at radius 1 is 1.19 bits per heavy atom. The van der Waals surface area contributed by atoms with E-state index in [-0.39, 0.29) is 27.3 Å². The Hall–Kier alpha value is -3.44. The standard InChI is InChI=1S/C21H19N5O4S2/c1-12-7-8-16-14(9-12)19-17(32(29,30)26(16)2)10-23-21(25-19)31-11-18(27)24-15-6-4-3-5-13(15)20(22)28/h3-10H,11H2,1-2H3,(H2,22,28)(H,24,27). The molecular formula is C21H19N5O4S2. The number of nitrogens with two attached hydrogens (primary N) is 1. The Bertz CT molecular complexity index is 1360. The number of benzene rings is 2. The highest BCUT2D eigenvalue weighted by atomic mass is 32.2. The van der Waals surface area contributed by atoms with Gasteiger partial charge < -0.3 is 11.1 Å². The molecule has 0 spiro atoms. The molecule has 1 aromatic heterocycles. The Morgan fingerprint density at radius 3 is 2.69 bits per heavy atom. The van der Waals surface area contributed by atoms with E-state index in [1.165, 1.54) is 23.6 Å². The second-order valence-electron chi connectivity index (χ2n) is 7.11. The van der Waals surface area contributed by atoms with Gasteiger partial charge in [-0.1, -0.05) is 35.5 Å². The lowest BCUT2D eigenvalue weighted by Gasteiger charge is -2.28. The van der Waals surface area contributed by atoms with Gasteiger partial charge in [0.25, 0.3) is 15.9 Å². The number of hydrogen-bond donors (Lipinski definition) is 2. The minimum Gasteiger partial charge on any atom is -0.366 e. The molecule has 1 aliphatic rings. The highest BCUT2D eigenvalue weighted by Crippen LogP contribution is 2.41. The van der Waals surface area contributed by atoms with E-state index in [0.717, 1.165) is 17.3 Å². The monoisotopic (exact) mass is 469 g/mol. The second-order valence-corrected chi connectivity index (χ2v) is 9.99. The molecule has 11 heteroatoms. The number of amides is 2. The molecule has 9 nitrogen and oxygen atoms in total. The van der Waals surface area contributed by atoms with Crippen molar-refractivity contribution in [2.45, 2.75) is 17.0 Å². The molecule has 4 rings (SSSR count). The third kappa shape index (κ3) is 3.92. The van der Waals surface area contributed by atoms with E-state index in [0.29, 0.717) is 22.6 Å². The molecule has 3 aromatic rings. The fourth-order valence-corrected chi connectivity index (χ4v) is 5.23. The maximum atomic E-state index is 12.9. The lowest BCUT2D eigenvalue weighted by Crippen LogP contribution is -2.31. The first-order valence-electron chi connectivity index (χ1n) is 9.47. The molecule has 1 aliphatic heterocycles. The zero-order valence-electron chi connectivity index (χ0n) is 17.2. The largest absolute Gasteiger partial charge is 0.366 e. The van der Waals surface area contributed by atoms with E-state index in [1.54, 1.807) is 24.3 Å². The van der Waals surface area contributed by atoms with Crippen molar-refractivity contribution in [3.05, 3.63) is 59.8 Å². The van der Waals surface area contributed by atoms with Crippen molar-refractivity contribution in [2.24, 2.45) is 5.73 Å². The molecule has 0 radical (unpaired) electrons. The summed E-state index contributed by atoms with van der Waals surface area (Å²) in [4.78, 5) is 32.5. The summed E-state index contributed by atoms with van der Waals surface area (Å²) in [5.74, 6) is -1.07. The van der Waals surface area contributed by atoms with E-state index in [1.807, 2.05) is 19.1 Å². The van der Waals surface area contributed by atoms with E-state index in [4.69, 9.17) is 5.73 Å². The summed E-state index contributed by atoms with van der Waals surface area (Å²) >= 11 is 1.06. The first-order chi connectivity index (χ1) is 15.2. The third-order valence-corrected chi connectivity index (χ3v) is 7.55. The second kappa shape index (κ2) is 8.24. The number of rotatable bonds is 5. The number of fused-ring (bicyclic) bond motifs is 3. The van der Waals surface area contributed by atoms with E-state index < -0.39 is 15.9 Å². The number of anilines is 2. The van der Waals surface area contributed by atoms with Crippen LogP contribution in [0.2, 0.25) is 0 Å². The van der Waals surface area contributed by atoms with Gasteiger partial charge in [0.1, 0.15) is 4.90 Å². The van der Waals surface area contributed by atoms with Crippen molar-refractivity contribution in [3.63, 3.8) is 0 Å². The van der Waals surface area contributed by atoms with Crippen LogP contribution in [0.25, 0.3) is 11.3 Å². The third-order valence-electron chi connectivity index (χ3n) is 4.92. The van der Waals surface area contributed by atoms with Crippen molar-refractivity contribution in [1.29, 1.82) is 0 Å². The van der Waals surface area contributed by atoms with Crippen molar-refractivity contribution < 1.29 is 18.0 Å². The Balaban J connectivity index is 1.58. The average molecular weight is 470 g/mol. The lowest BCUT2D eigenvalue weighted by atomic mass is 10.1. The summed E-state index contributed by atoms with van der Waals surface area (Å²) in [6, 6.07) is 11.9. The number of nitrogens with zero attached hydrogens (tertiary/aromatic N) is 3. The maximum Gasteiger partial charge on any atom is 0.267 e. The fourth-order valence-electron chi connectivity index (χ4n) is 3.32. The summed E-state index contributed by atoms with van der Waals surface area (Å²) in [6.45, 7) is 1.91. The molecule has 0 saturated heterocycles. The number of aromatic nitrogens is 2. The van der Waals surface area contributed by atoms with Crippen LogP contribution in [0, 0.1) is 6.92 Å². The number of aryl methyl sites for hydroxylation is 1. The van der Waals surface area contributed by atoms with Gasteiger partial charge in [0.2, 0.25) is 5.91 Å². The predicted octanol–water partition coefficient (Wildman–Crippen LogP) is 2.42. The molecule has 0 aliphatic carbocycles. The van der Waals surface area contributed by atoms with Gasteiger partial charge >= 0.3 is 0 Å². The first-order valence-corrected chi connectivity index (χ1v) is 11.9. The van der Waals surface area contributed by atoms with E-state index in [9.17, 15) is 18.0 Å². The van der Waals surface area contributed by atoms with Crippen LogP contribution in [0.4, 0.5) is 11.4 Å². The number of para-hydroxylation sites is 1. The Labute approximate surface area is 189 Å². The van der Waals surface area contributed by atoms with Crippen LogP contribution in [0.15, 0.2) is 58.7 Å². The van der Waals surface area contributed by atoms with Crippen molar-refractivity contribution >= 4 is 45.0 Å². The molecule has 32 heavy (non-hydrogen) atoms. The molecule has 164 valence electrons. The van der Waals surface area contributed by atoms with Gasteiger partial charge in [0.15, 0.2) is 5.16 Å². The van der Waals surface area contributed by atoms with Gasteiger partial charge in [-0.3, -0.25) is 13.9 Å². The fraction of sp³-hybridized carbons (Fsp3) is 0.143. The van der Waals surface area contributed by atoms with Crippen LogP contribution in [-0.4, -0.2) is 43.0 Å². The van der Waals surface area contributed by atoms with Crippen LogP contribution in [0.5, 0.6) is 0 Å². The highest BCUT2D eigenvalue weighted by Gasteiger charge is 2.34. The zero-order chi connectivity index (χ0) is 23.0. The maximum absolute atomic E-state index is 12.9. The molecule has 2 heterocycles. The van der Waals surface area contributed by atoms with Gasteiger partial charge in [0.05, 0.1) is 34.6 Å². The molecule has 3 N–H and O–H groups in total. The predicted molar refractivity (Wildman–Crippen MR) is 122 cm³/mol. The molecule has 2 aromatic carbocycles. The zero-order valence-corrected chi connectivity index (χ0v) is 18.8. The summed E-state index contributed by atoms with van der Waals surface area (Å²) in [5, 5.41) is 2.91. The Morgan fingerprint density at radius 2 is 1.94 bits per heavy atom. The molecule has 0 fully saturated rings. The molecule has 0 saturated carbocycles. The quantitative estimate of drug-likeness (QED) is 0.433. The lowest BCUT2D eigenvalue weighted by molar-refractivity contribution is -0.113. The van der Waals surface area contributed by atoms with E-state index in [2.05, 4.69) is 15.3 Å². The number of carbonyl (C=O) groups excluding carboxylic acids is 2. The smallest absolute Gasteiger partial charge is 0.267 e. The number of carbonyl (C=O) groups is 2. The summed E-state index contributed by atoms with van der Waals surface area (Å²) in [6.07, 6.45) is 1.27. The van der Waals surface area contributed by atoms with Crippen molar-refractivity contribution in [1.82, 2.24) is 9.97 Å². The minimum atomic E-state index is -3.77.